The van der Waals surface area contributed by atoms with Crippen LogP contribution in [0.15, 0.2) is 36.5 Å². The number of unbranched alkanes of at least 4 members (excludes halogenated alkanes) is 19. The van der Waals surface area contributed by atoms with Crippen molar-refractivity contribution in [2.75, 3.05) is 47.5 Å². The molecule has 0 spiro atoms. The van der Waals surface area contributed by atoms with E-state index in [9.17, 15) is 24.2 Å². The van der Waals surface area contributed by atoms with E-state index in [1.165, 1.54) is 103 Å². The Hall–Kier alpha value is -1.81. The number of carbonyl (C=O) groups excluding carboxylic acids is 2. The van der Waals surface area contributed by atoms with Gasteiger partial charge in [0.1, 0.15) is 19.8 Å². The molecule has 0 rings (SSSR count). The number of aliphatic hydroxyl groups is 1. The molecule has 11 heteroatoms. The number of hydrogen-bond donors (Lipinski definition) is 2. The van der Waals surface area contributed by atoms with E-state index in [1.807, 2.05) is 39.4 Å². The Balaban J connectivity index is 4.52. The quantitative estimate of drug-likeness (QED) is 0.0155. The monoisotopic (exact) mass is 815 g/mol. The predicted octanol–water partition coefficient (Wildman–Crippen LogP) is 11.5. The van der Waals surface area contributed by atoms with Crippen LogP contribution in [0.4, 0.5) is 0 Å². The standard InChI is InChI=1S/C45H84NO9P/c1-6-8-10-12-14-16-18-20-22-24-26-28-30-32-36-45(49)55-43(41-54-56(50,51)53-39-38-46(3,4)5)40-52-44(48)37-33-35-42(47)34-31-29-27-25-23-21-19-17-15-13-11-9-7-2/h21,23,27,29,31,34,42-43,47H,6-20,22,24-26,28,30,32-33,35-41H2,1-5H3/p+1/b23-21+,29-27+,34-31+/t42?,43-/m1/s1. The lowest BCUT2D eigenvalue weighted by molar-refractivity contribution is -0.870. The van der Waals surface area contributed by atoms with Crippen LogP contribution < -0.4 is 0 Å². The van der Waals surface area contributed by atoms with Gasteiger partial charge in [0.25, 0.3) is 0 Å². The Morgan fingerprint density at radius 3 is 1.75 bits per heavy atom. The van der Waals surface area contributed by atoms with Gasteiger partial charge in [-0.2, -0.15) is 0 Å². The van der Waals surface area contributed by atoms with Gasteiger partial charge < -0.3 is 24.0 Å². The van der Waals surface area contributed by atoms with Crippen LogP contribution in [0, 0.1) is 0 Å². The molecule has 0 aliphatic rings. The summed E-state index contributed by atoms with van der Waals surface area (Å²) in [6.07, 6.45) is 37.9. The first-order chi connectivity index (χ1) is 26.9. The van der Waals surface area contributed by atoms with Gasteiger partial charge in [-0.1, -0.05) is 166 Å². The predicted molar refractivity (Wildman–Crippen MR) is 230 cm³/mol. The van der Waals surface area contributed by atoms with Crippen molar-refractivity contribution in [1.82, 2.24) is 0 Å². The summed E-state index contributed by atoms with van der Waals surface area (Å²) in [4.78, 5) is 35.4. The number of rotatable bonds is 40. The molecular weight excluding hydrogens is 729 g/mol. The van der Waals surface area contributed by atoms with Gasteiger partial charge in [0.15, 0.2) is 6.10 Å². The van der Waals surface area contributed by atoms with E-state index in [1.54, 1.807) is 6.08 Å². The van der Waals surface area contributed by atoms with Crippen molar-refractivity contribution in [3.05, 3.63) is 36.5 Å². The first-order valence-corrected chi connectivity index (χ1v) is 23.8. The number of quaternary nitrogens is 1. The van der Waals surface area contributed by atoms with Crippen LogP contribution in [-0.2, 0) is 32.7 Å². The number of phosphoric acid groups is 1. The zero-order valence-electron chi connectivity index (χ0n) is 36.5. The smallest absolute Gasteiger partial charge is 0.462 e. The third kappa shape index (κ3) is 40.4. The molecule has 2 unspecified atom stereocenters. The van der Waals surface area contributed by atoms with Crippen LogP contribution in [0.1, 0.15) is 181 Å². The first kappa shape index (κ1) is 54.2. The van der Waals surface area contributed by atoms with Gasteiger partial charge in [0, 0.05) is 12.8 Å². The van der Waals surface area contributed by atoms with Crippen LogP contribution in [0.5, 0.6) is 0 Å². The lowest BCUT2D eigenvalue weighted by Crippen LogP contribution is -2.37. The molecule has 0 heterocycles. The second kappa shape index (κ2) is 37.5. The van der Waals surface area contributed by atoms with Crippen LogP contribution >= 0.6 is 7.82 Å². The Morgan fingerprint density at radius 2 is 1.18 bits per heavy atom. The fourth-order valence-electron chi connectivity index (χ4n) is 5.96. The molecule has 0 aromatic carbocycles. The third-order valence-electron chi connectivity index (χ3n) is 9.53. The highest BCUT2D eigenvalue weighted by atomic mass is 31.2. The molecule has 0 saturated carbocycles. The van der Waals surface area contributed by atoms with Crippen molar-refractivity contribution in [2.45, 2.75) is 193 Å². The minimum atomic E-state index is -4.41. The number of allylic oxidation sites excluding steroid dienone is 5. The summed E-state index contributed by atoms with van der Waals surface area (Å²) < 4.78 is 34.1. The molecule has 0 bridgehead atoms. The molecule has 328 valence electrons. The van der Waals surface area contributed by atoms with Crippen LogP contribution in [0.3, 0.4) is 0 Å². The molecule has 2 N–H and O–H groups in total. The Morgan fingerprint density at radius 1 is 0.643 bits per heavy atom. The third-order valence-corrected chi connectivity index (χ3v) is 10.5. The average molecular weight is 815 g/mol. The van der Waals surface area contributed by atoms with Crippen molar-refractivity contribution in [3.63, 3.8) is 0 Å². The van der Waals surface area contributed by atoms with Gasteiger partial charge in [-0.25, -0.2) is 4.57 Å². The molecule has 0 fully saturated rings. The van der Waals surface area contributed by atoms with Crippen LogP contribution in [0.2, 0.25) is 0 Å². The molecule has 0 aliphatic carbocycles. The normalized spacial score (nSPS) is 14.5. The molecule has 0 aliphatic heterocycles. The fraction of sp³-hybridized carbons (Fsp3) is 0.822. The van der Waals surface area contributed by atoms with Gasteiger partial charge >= 0.3 is 19.8 Å². The molecule has 0 aromatic heterocycles. The van der Waals surface area contributed by atoms with Gasteiger partial charge in [0.2, 0.25) is 0 Å². The SMILES string of the molecule is CCCCCCCC/C=C/C/C=C/C=C/C(O)CCCC(=O)OC[C@H](COP(=O)(O)OCC[N+](C)(C)C)OC(=O)CCCCCCCCCCCCCCCC. The second-order valence-electron chi connectivity index (χ2n) is 16.3. The number of likely N-dealkylation sites (N-methyl/N-ethyl adjacent to an activating group) is 1. The average Bonchev–Trinajstić information content (AvgIpc) is 3.14. The van der Waals surface area contributed by atoms with Gasteiger partial charge in [-0.05, 0) is 38.5 Å². The van der Waals surface area contributed by atoms with Crippen LogP contribution in [-0.4, -0.2) is 86.1 Å². The lowest BCUT2D eigenvalue weighted by atomic mass is 10.0. The zero-order valence-corrected chi connectivity index (χ0v) is 37.4. The molecule has 0 aromatic rings. The lowest BCUT2D eigenvalue weighted by Gasteiger charge is -2.24. The Kier molecular flexibility index (Phi) is 36.2. The topological polar surface area (TPSA) is 129 Å². The largest absolute Gasteiger partial charge is 0.472 e. The summed E-state index contributed by atoms with van der Waals surface area (Å²) in [6, 6.07) is 0. The highest BCUT2D eigenvalue weighted by molar-refractivity contribution is 7.47. The van der Waals surface area contributed by atoms with Crippen molar-refractivity contribution in [2.24, 2.45) is 0 Å². The van der Waals surface area contributed by atoms with Gasteiger partial charge in [0.05, 0.1) is 33.9 Å². The number of phosphoric ester groups is 1. The number of nitrogens with zero attached hydrogens (tertiary/aromatic N) is 1. The summed E-state index contributed by atoms with van der Waals surface area (Å²) in [7, 11) is 1.38. The molecule has 0 amide bonds. The molecule has 0 saturated heterocycles. The minimum absolute atomic E-state index is 0.00384. The van der Waals surface area contributed by atoms with E-state index in [0.717, 1.165) is 32.1 Å². The second-order valence-corrected chi connectivity index (χ2v) is 17.7. The summed E-state index contributed by atoms with van der Waals surface area (Å²) in [5.74, 6) is -0.992. The summed E-state index contributed by atoms with van der Waals surface area (Å²) in [6.45, 7) is 4.20. The van der Waals surface area contributed by atoms with E-state index in [4.69, 9.17) is 18.5 Å². The van der Waals surface area contributed by atoms with E-state index in [-0.39, 0.29) is 26.1 Å². The minimum Gasteiger partial charge on any atom is -0.462 e. The highest BCUT2D eigenvalue weighted by Crippen LogP contribution is 2.43. The molecular formula is C45H85NO9P+. The number of ether oxygens (including phenoxy) is 2. The Bertz CT molecular complexity index is 1070. The van der Waals surface area contributed by atoms with E-state index in [0.29, 0.717) is 30.3 Å². The maximum atomic E-state index is 12.7. The molecule has 10 nitrogen and oxygen atoms in total. The number of esters is 2. The summed E-state index contributed by atoms with van der Waals surface area (Å²) in [5.41, 5.74) is 0. The fourth-order valence-corrected chi connectivity index (χ4v) is 6.71. The zero-order chi connectivity index (χ0) is 41.6. The number of aliphatic hydroxyl groups excluding tert-OH is 1. The Labute approximate surface area is 343 Å². The first-order valence-electron chi connectivity index (χ1n) is 22.3. The number of hydrogen-bond acceptors (Lipinski definition) is 8. The summed E-state index contributed by atoms with van der Waals surface area (Å²) in [5, 5.41) is 10.3. The van der Waals surface area contributed by atoms with Crippen molar-refractivity contribution in [1.29, 1.82) is 0 Å². The molecule has 56 heavy (non-hydrogen) atoms. The highest BCUT2D eigenvalue weighted by Gasteiger charge is 2.27. The van der Waals surface area contributed by atoms with E-state index >= 15 is 0 Å². The molecule has 3 atom stereocenters. The van der Waals surface area contributed by atoms with Crippen molar-refractivity contribution in [3.8, 4) is 0 Å². The van der Waals surface area contributed by atoms with E-state index in [2.05, 4.69) is 26.0 Å². The van der Waals surface area contributed by atoms with Gasteiger partial charge in [-0.15, -0.1) is 0 Å². The van der Waals surface area contributed by atoms with Crippen molar-refractivity contribution >= 4 is 19.8 Å². The maximum absolute atomic E-state index is 12.7. The number of carbonyl (C=O) groups is 2. The van der Waals surface area contributed by atoms with E-state index < -0.39 is 38.6 Å². The van der Waals surface area contributed by atoms with Crippen LogP contribution in [0.25, 0.3) is 0 Å². The van der Waals surface area contributed by atoms with Gasteiger partial charge in [-0.3, -0.25) is 18.6 Å². The molecule has 0 radical (unpaired) electrons. The van der Waals surface area contributed by atoms with Crippen molar-refractivity contribution < 1.29 is 47.2 Å². The summed E-state index contributed by atoms with van der Waals surface area (Å²) >= 11 is 0. The maximum Gasteiger partial charge on any atom is 0.472 e.